The molecule has 110 valence electrons. The van der Waals surface area contributed by atoms with Crippen molar-refractivity contribution in [1.82, 2.24) is 14.1 Å². The number of halogens is 1. The normalized spacial score (nSPS) is 11.1. The summed E-state index contributed by atoms with van der Waals surface area (Å²) in [6.45, 7) is 3.66. The van der Waals surface area contributed by atoms with Crippen molar-refractivity contribution in [2.24, 2.45) is 0 Å². The summed E-state index contributed by atoms with van der Waals surface area (Å²) in [5.74, 6) is 0.483. The van der Waals surface area contributed by atoms with E-state index in [4.69, 9.17) is 11.6 Å². The van der Waals surface area contributed by atoms with E-state index in [2.05, 4.69) is 11.9 Å². The van der Waals surface area contributed by atoms with E-state index in [9.17, 15) is 4.79 Å². The highest BCUT2D eigenvalue weighted by atomic mass is 35.5. The summed E-state index contributed by atoms with van der Waals surface area (Å²) in [5.41, 5.74) is 1.06. The fourth-order valence-electron chi connectivity index (χ4n) is 2.12. The van der Waals surface area contributed by atoms with Gasteiger partial charge in [0.05, 0.1) is 16.6 Å². The van der Waals surface area contributed by atoms with E-state index in [0.717, 1.165) is 49.5 Å². The number of thiazole rings is 1. The SMILES string of the molecule is CCCn1ccn(CCCCc2nc(CCl)cs2)c1=O. The average molecular weight is 314 g/mol. The summed E-state index contributed by atoms with van der Waals surface area (Å²) in [7, 11) is 0. The monoisotopic (exact) mass is 313 g/mol. The fourth-order valence-corrected chi connectivity index (χ4v) is 3.19. The Balaban J connectivity index is 1.77. The van der Waals surface area contributed by atoms with Gasteiger partial charge in [0.15, 0.2) is 0 Å². The molecular formula is C14H20ClN3OS. The standard InChI is InChI=1S/C14H20ClN3OS/c1-2-6-17-8-9-18(14(17)19)7-4-3-5-13-16-12(10-15)11-20-13/h8-9,11H,2-7,10H2,1H3. The summed E-state index contributed by atoms with van der Waals surface area (Å²) in [5, 5.41) is 3.15. The number of unbranched alkanes of at least 4 members (excludes halogenated alkanes) is 1. The molecule has 2 heterocycles. The number of aryl methyl sites for hydroxylation is 3. The van der Waals surface area contributed by atoms with E-state index in [1.54, 1.807) is 20.5 Å². The van der Waals surface area contributed by atoms with Crippen LogP contribution in [0.2, 0.25) is 0 Å². The first-order chi connectivity index (χ1) is 9.74. The molecule has 4 nitrogen and oxygen atoms in total. The van der Waals surface area contributed by atoms with Gasteiger partial charge in [0, 0.05) is 30.9 Å². The van der Waals surface area contributed by atoms with Gasteiger partial charge in [-0.3, -0.25) is 9.13 Å². The van der Waals surface area contributed by atoms with Crippen LogP contribution >= 0.6 is 22.9 Å². The zero-order valence-corrected chi connectivity index (χ0v) is 13.3. The van der Waals surface area contributed by atoms with Crippen molar-refractivity contribution in [2.75, 3.05) is 0 Å². The fraction of sp³-hybridized carbons (Fsp3) is 0.571. The summed E-state index contributed by atoms with van der Waals surface area (Å²) in [6.07, 6.45) is 7.74. The first-order valence-corrected chi connectivity index (χ1v) is 8.40. The van der Waals surface area contributed by atoms with Crippen LogP contribution in [0.4, 0.5) is 0 Å². The molecule has 0 amide bonds. The van der Waals surface area contributed by atoms with Crippen molar-refractivity contribution in [1.29, 1.82) is 0 Å². The molecule has 0 fully saturated rings. The summed E-state index contributed by atoms with van der Waals surface area (Å²) < 4.78 is 3.56. The van der Waals surface area contributed by atoms with Gasteiger partial charge in [-0.05, 0) is 25.7 Å². The Kier molecular flexibility index (Phi) is 5.86. The summed E-state index contributed by atoms with van der Waals surface area (Å²) in [4.78, 5) is 16.4. The minimum Gasteiger partial charge on any atom is -0.299 e. The van der Waals surface area contributed by atoms with E-state index in [-0.39, 0.29) is 5.69 Å². The van der Waals surface area contributed by atoms with Gasteiger partial charge >= 0.3 is 5.69 Å². The minimum atomic E-state index is 0.102. The lowest BCUT2D eigenvalue weighted by atomic mass is 10.2. The predicted octanol–water partition coefficient (Wildman–Crippen LogP) is 3.28. The number of imidazole rings is 1. The molecule has 0 aromatic carbocycles. The highest BCUT2D eigenvalue weighted by Crippen LogP contribution is 2.14. The van der Waals surface area contributed by atoms with Crippen LogP contribution in [-0.2, 0) is 25.4 Å². The minimum absolute atomic E-state index is 0.102. The van der Waals surface area contributed by atoms with Crippen molar-refractivity contribution in [3.8, 4) is 0 Å². The quantitative estimate of drug-likeness (QED) is 0.554. The molecule has 0 saturated heterocycles. The van der Waals surface area contributed by atoms with Gasteiger partial charge in [0.2, 0.25) is 0 Å². The van der Waals surface area contributed by atoms with E-state index in [1.807, 2.05) is 17.8 Å². The third-order valence-corrected chi connectivity index (χ3v) is 4.39. The lowest BCUT2D eigenvalue weighted by Crippen LogP contribution is -2.24. The highest BCUT2D eigenvalue weighted by molar-refractivity contribution is 7.09. The first kappa shape index (κ1) is 15.3. The Morgan fingerprint density at radius 2 is 2.00 bits per heavy atom. The molecule has 2 aromatic heterocycles. The summed E-state index contributed by atoms with van der Waals surface area (Å²) in [6, 6.07) is 0. The molecule has 0 aliphatic heterocycles. The van der Waals surface area contributed by atoms with Crippen LogP contribution in [-0.4, -0.2) is 14.1 Å². The molecule has 6 heteroatoms. The molecule has 20 heavy (non-hydrogen) atoms. The maximum absolute atomic E-state index is 12.0. The van der Waals surface area contributed by atoms with Gasteiger partial charge in [0.25, 0.3) is 0 Å². The van der Waals surface area contributed by atoms with Crippen LogP contribution < -0.4 is 5.69 Å². The van der Waals surface area contributed by atoms with Crippen LogP contribution in [0.15, 0.2) is 22.6 Å². The van der Waals surface area contributed by atoms with E-state index in [1.165, 1.54) is 0 Å². The lowest BCUT2D eigenvalue weighted by Gasteiger charge is -2.01. The smallest absolute Gasteiger partial charge is 0.299 e. The van der Waals surface area contributed by atoms with Gasteiger partial charge in [-0.1, -0.05) is 6.92 Å². The molecule has 2 aromatic rings. The molecule has 0 bridgehead atoms. The Morgan fingerprint density at radius 1 is 1.25 bits per heavy atom. The molecule has 2 rings (SSSR count). The number of hydrogen-bond acceptors (Lipinski definition) is 3. The Morgan fingerprint density at radius 3 is 2.65 bits per heavy atom. The van der Waals surface area contributed by atoms with Crippen molar-refractivity contribution in [3.63, 3.8) is 0 Å². The van der Waals surface area contributed by atoms with Crippen LogP contribution in [0.1, 0.15) is 36.9 Å². The van der Waals surface area contributed by atoms with Crippen molar-refractivity contribution >= 4 is 22.9 Å². The number of hydrogen-bond donors (Lipinski definition) is 0. The van der Waals surface area contributed by atoms with E-state index < -0.39 is 0 Å². The second-order valence-corrected chi connectivity index (χ2v) is 6.00. The maximum atomic E-state index is 12.0. The molecule has 0 spiro atoms. The van der Waals surface area contributed by atoms with Crippen LogP contribution in [0.5, 0.6) is 0 Å². The number of nitrogens with zero attached hydrogens (tertiary/aromatic N) is 3. The first-order valence-electron chi connectivity index (χ1n) is 6.99. The van der Waals surface area contributed by atoms with Gasteiger partial charge in [0.1, 0.15) is 0 Å². The van der Waals surface area contributed by atoms with Crippen LogP contribution in [0.25, 0.3) is 0 Å². The Labute approximate surface area is 128 Å². The Hall–Kier alpha value is -1.07. The summed E-state index contributed by atoms with van der Waals surface area (Å²) >= 11 is 7.40. The molecular weight excluding hydrogens is 294 g/mol. The lowest BCUT2D eigenvalue weighted by molar-refractivity contribution is 0.565. The molecule has 0 radical (unpaired) electrons. The topological polar surface area (TPSA) is 39.8 Å². The third-order valence-electron chi connectivity index (χ3n) is 3.16. The Bertz CT molecular complexity index is 587. The second-order valence-electron chi connectivity index (χ2n) is 4.79. The molecule has 0 unspecified atom stereocenters. The average Bonchev–Trinajstić information content (AvgIpc) is 3.04. The van der Waals surface area contributed by atoms with E-state index in [0.29, 0.717) is 5.88 Å². The predicted molar refractivity (Wildman–Crippen MR) is 83.6 cm³/mol. The largest absolute Gasteiger partial charge is 0.328 e. The third kappa shape index (κ3) is 3.96. The zero-order chi connectivity index (χ0) is 14.4. The molecule has 0 saturated carbocycles. The van der Waals surface area contributed by atoms with Crippen LogP contribution in [0, 0.1) is 0 Å². The van der Waals surface area contributed by atoms with Gasteiger partial charge in [-0.2, -0.15) is 0 Å². The maximum Gasteiger partial charge on any atom is 0.328 e. The number of rotatable bonds is 8. The van der Waals surface area contributed by atoms with Crippen molar-refractivity contribution in [3.05, 3.63) is 39.0 Å². The van der Waals surface area contributed by atoms with Gasteiger partial charge < -0.3 is 0 Å². The van der Waals surface area contributed by atoms with Crippen molar-refractivity contribution in [2.45, 2.75) is 51.6 Å². The molecule has 0 N–H and O–H groups in total. The number of aromatic nitrogens is 3. The van der Waals surface area contributed by atoms with Gasteiger partial charge in [-0.25, -0.2) is 9.78 Å². The molecule has 0 aliphatic rings. The highest BCUT2D eigenvalue weighted by Gasteiger charge is 2.03. The van der Waals surface area contributed by atoms with Crippen molar-refractivity contribution < 1.29 is 0 Å². The second kappa shape index (κ2) is 7.64. The number of alkyl halides is 1. The molecule has 0 aliphatic carbocycles. The van der Waals surface area contributed by atoms with Crippen LogP contribution in [0.3, 0.4) is 0 Å². The zero-order valence-electron chi connectivity index (χ0n) is 11.7. The van der Waals surface area contributed by atoms with Gasteiger partial charge in [-0.15, -0.1) is 22.9 Å². The van der Waals surface area contributed by atoms with E-state index >= 15 is 0 Å². The molecule has 0 atom stereocenters.